The lowest BCUT2D eigenvalue weighted by Crippen LogP contribution is -2.33. The molecule has 4 heteroatoms. The summed E-state index contributed by atoms with van der Waals surface area (Å²) in [6.07, 6.45) is 0. The molecule has 0 amide bonds. The molecule has 2 aromatic carbocycles. The Kier molecular flexibility index (Phi) is 5.55. The third-order valence-corrected chi connectivity index (χ3v) is 3.67. The van der Waals surface area contributed by atoms with Gasteiger partial charge in [-0.2, -0.15) is 0 Å². The minimum absolute atomic E-state index is 0.576. The van der Waals surface area contributed by atoms with Gasteiger partial charge in [-0.25, -0.2) is 0 Å². The zero-order valence-electron chi connectivity index (χ0n) is 12.9. The van der Waals surface area contributed by atoms with Crippen LogP contribution in [0.3, 0.4) is 0 Å². The number of hydrogen-bond acceptors (Lipinski definition) is 3. The summed E-state index contributed by atoms with van der Waals surface area (Å²) in [5.41, 5.74) is 1.76. The Bertz CT molecular complexity index is 613. The fraction of sp³-hybridized carbons (Fsp3) is 0.278. The number of carboxylic acid groups (broad SMARTS) is 1. The van der Waals surface area contributed by atoms with Crippen molar-refractivity contribution in [2.24, 2.45) is 0 Å². The Morgan fingerprint density at radius 3 is 2.36 bits per heavy atom. The van der Waals surface area contributed by atoms with E-state index in [4.69, 9.17) is 4.74 Å². The molecule has 22 heavy (non-hydrogen) atoms. The second-order valence-corrected chi connectivity index (χ2v) is 5.03. The molecule has 1 atom stereocenters. The summed E-state index contributed by atoms with van der Waals surface area (Å²) >= 11 is 0. The van der Waals surface area contributed by atoms with E-state index in [0.717, 1.165) is 5.56 Å². The van der Waals surface area contributed by atoms with Crippen LogP contribution >= 0.6 is 0 Å². The molecule has 1 unspecified atom stereocenters. The Hall–Kier alpha value is -2.33. The van der Waals surface area contributed by atoms with Crippen molar-refractivity contribution in [3.05, 3.63) is 65.7 Å². The largest absolute Gasteiger partial charge is 0.496 e. The summed E-state index contributed by atoms with van der Waals surface area (Å²) in [5.74, 6) is -0.274. The summed E-state index contributed by atoms with van der Waals surface area (Å²) in [6.45, 7) is 3.17. The molecular weight excluding hydrogens is 278 g/mol. The van der Waals surface area contributed by atoms with Gasteiger partial charge in [-0.3, -0.25) is 9.69 Å². The molecule has 0 aromatic heterocycles. The van der Waals surface area contributed by atoms with Gasteiger partial charge in [-0.05, 0) is 18.2 Å². The van der Waals surface area contributed by atoms with E-state index >= 15 is 0 Å². The highest BCUT2D eigenvalue weighted by atomic mass is 16.5. The third-order valence-electron chi connectivity index (χ3n) is 3.67. The van der Waals surface area contributed by atoms with Crippen LogP contribution in [0.25, 0.3) is 0 Å². The van der Waals surface area contributed by atoms with E-state index in [1.54, 1.807) is 13.2 Å². The number of methoxy groups -OCH3 is 1. The Balaban J connectivity index is 2.34. The fourth-order valence-corrected chi connectivity index (χ4v) is 2.58. The quantitative estimate of drug-likeness (QED) is 0.852. The standard InChI is InChI=1S/C18H21NO3/c1-3-19(13-14-9-5-4-6-10-14)17(18(20)21)15-11-7-8-12-16(15)22-2/h4-12,17H,3,13H2,1-2H3,(H,20,21). The smallest absolute Gasteiger partial charge is 0.325 e. The highest BCUT2D eigenvalue weighted by molar-refractivity contribution is 5.76. The van der Waals surface area contributed by atoms with Crippen molar-refractivity contribution in [1.82, 2.24) is 4.90 Å². The van der Waals surface area contributed by atoms with Crippen molar-refractivity contribution in [3.63, 3.8) is 0 Å². The first-order chi connectivity index (χ1) is 10.7. The summed E-state index contributed by atoms with van der Waals surface area (Å²) < 4.78 is 5.33. The molecule has 1 N–H and O–H groups in total. The summed E-state index contributed by atoms with van der Waals surface area (Å²) in [5, 5.41) is 9.73. The first-order valence-corrected chi connectivity index (χ1v) is 7.31. The van der Waals surface area contributed by atoms with Gasteiger partial charge in [0.25, 0.3) is 0 Å². The van der Waals surface area contributed by atoms with Crippen molar-refractivity contribution in [2.75, 3.05) is 13.7 Å². The number of rotatable bonds is 7. The molecule has 2 rings (SSSR count). The second-order valence-electron chi connectivity index (χ2n) is 5.03. The van der Waals surface area contributed by atoms with Crippen LogP contribution < -0.4 is 4.74 Å². The van der Waals surface area contributed by atoms with Crippen LogP contribution in [0.1, 0.15) is 24.1 Å². The van der Waals surface area contributed by atoms with E-state index in [2.05, 4.69) is 0 Å². The number of hydrogen-bond donors (Lipinski definition) is 1. The van der Waals surface area contributed by atoms with Crippen LogP contribution in [0.4, 0.5) is 0 Å². The summed E-state index contributed by atoms with van der Waals surface area (Å²) in [4.78, 5) is 13.8. The number of likely N-dealkylation sites (N-methyl/N-ethyl adjacent to an activating group) is 1. The molecule has 0 spiro atoms. The number of para-hydroxylation sites is 1. The van der Waals surface area contributed by atoms with Gasteiger partial charge in [0.2, 0.25) is 0 Å². The highest BCUT2D eigenvalue weighted by Gasteiger charge is 2.29. The molecule has 0 fully saturated rings. The second kappa shape index (κ2) is 7.61. The van der Waals surface area contributed by atoms with Gasteiger partial charge in [-0.15, -0.1) is 0 Å². The topological polar surface area (TPSA) is 49.8 Å². The number of carboxylic acids is 1. The summed E-state index contributed by atoms with van der Waals surface area (Å²) in [6, 6.07) is 16.4. The van der Waals surface area contributed by atoms with E-state index in [1.165, 1.54) is 0 Å². The van der Waals surface area contributed by atoms with Gasteiger partial charge in [0.1, 0.15) is 11.8 Å². The minimum Gasteiger partial charge on any atom is -0.496 e. The van der Waals surface area contributed by atoms with Crippen LogP contribution in [-0.4, -0.2) is 29.6 Å². The molecule has 0 heterocycles. The first-order valence-electron chi connectivity index (χ1n) is 7.31. The van der Waals surface area contributed by atoms with Crippen LogP contribution in [0.15, 0.2) is 54.6 Å². The van der Waals surface area contributed by atoms with Gasteiger partial charge in [-0.1, -0.05) is 55.5 Å². The van der Waals surface area contributed by atoms with Crippen molar-refractivity contribution in [3.8, 4) is 5.75 Å². The Morgan fingerprint density at radius 1 is 1.14 bits per heavy atom. The molecule has 0 saturated heterocycles. The predicted octanol–water partition coefficient (Wildman–Crippen LogP) is 3.34. The predicted molar refractivity (Wildman–Crippen MR) is 85.9 cm³/mol. The Labute approximate surface area is 131 Å². The van der Waals surface area contributed by atoms with Gasteiger partial charge in [0.15, 0.2) is 0 Å². The molecule has 0 aliphatic carbocycles. The average molecular weight is 299 g/mol. The van der Waals surface area contributed by atoms with E-state index in [1.807, 2.05) is 60.4 Å². The van der Waals surface area contributed by atoms with Gasteiger partial charge < -0.3 is 9.84 Å². The van der Waals surface area contributed by atoms with Gasteiger partial charge in [0.05, 0.1) is 7.11 Å². The molecule has 2 aromatic rings. The lowest BCUT2D eigenvalue weighted by atomic mass is 10.0. The molecule has 0 radical (unpaired) electrons. The van der Waals surface area contributed by atoms with E-state index < -0.39 is 12.0 Å². The Morgan fingerprint density at radius 2 is 1.77 bits per heavy atom. The van der Waals surface area contributed by atoms with Crippen LogP contribution in [0.2, 0.25) is 0 Å². The van der Waals surface area contributed by atoms with E-state index in [0.29, 0.717) is 24.4 Å². The maximum atomic E-state index is 11.9. The number of aliphatic carboxylic acids is 1. The molecule has 0 aliphatic heterocycles. The lowest BCUT2D eigenvalue weighted by Gasteiger charge is -2.29. The van der Waals surface area contributed by atoms with Crippen molar-refractivity contribution < 1.29 is 14.6 Å². The molecule has 0 aliphatic rings. The maximum Gasteiger partial charge on any atom is 0.325 e. The monoisotopic (exact) mass is 299 g/mol. The molecular formula is C18H21NO3. The molecule has 0 saturated carbocycles. The van der Waals surface area contributed by atoms with Crippen LogP contribution in [0.5, 0.6) is 5.75 Å². The average Bonchev–Trinajstić information content (AvgIpc) is 2.55. The minimum atomic E-state index is -0.873. The van der Waals surface area contributed by atoms with Crippen molar-refractivity contribution in [2.45, 2.75) is 19.5 Å². The van der Waals surface area contributed by atoms with Crippen molar-refractivity contribution >= 4 is 5.97 Å². The molecule has 4 nitrogen and oxygen atoms in total. The SMILES string of the molecule is CCN(Cc1ccccc1)C(C(=O)O)c1ccccc1OC. The van der Waals surface area contributed by atoms with Gasteiger partial charge >= 0.3 is 5.97 Å². The third kappa shape index (κ3) is 3.65. The number of ether oxygens (including phenoxy) is 1. The van der Waals surface area contributed by atoms with E-state index in [-0.39, 0.29) is 0 Å². The molecule has 0 bridgehead atoms. The zero-order chi connectivity index (χ0) is 15.9. The zero-order valence-corrected chi connectivity index (χ0v) is 12.9. The maximum absolute atomic E-state index is 11.9. The lowest BCUT2D eigenvalue weighted by molar-refractivity contribution is -0.143. The van der Waals surface area contributed by atoms with Gasteiger partial charge in [0, 0.05) is 12.1 Å². The number of nitrogens with zero attached hydrogens (tertiary/aromatic N) is 1. The van der Waals surface area contributed by atoms with Crippen LogP contribution in [-0.2, 0) is 11.3 Å². The number of benzene rings is 2. The highest BCUT2D eigenvalue weighted by Crippen LogP contribution is 2.30. The first kappa shape index (κ1) is 16.0. The molecule has 116 valence electrons. The summed E-state index contributed by atoms with van der Waals surface area (Å²) in [7, 11) is 1.56. The number of carbonyl (C=O) groups is 1. The van der Waals surface area contributed by atoms with Crippen molar-refractivity contribution in [1.29, 1.82) is 0 Å². The fourth-order valence-electron chi connectivity index (χ4n) is 2.58. The van der Waals surface area contributed by atoms with Crippen LogP contribution in [0, 0.1) is 0 Å². The van der Waals surface area contributed by atoms with E-state index in [9.17, 15) is 9.90 Å². The normalized spacial score (nSPS) is 12.1.